The number of anilines is 1. The first kappa shape index (κ1) is 19.0. The molecule has 30 heavy (non-hydrogen) atoms. The molecule has 1 aromatic heterocycles. The number of hydrogen-bond donors (Lipinski definition) is 0. The number of likely N-dealkylation sites (tertiary alicyclic amines) is 1. The number of hydrogen-bond acceptors (Lipinski definition) is 4. The number of carbonyl (C=O) groups excluding carboxylic acids is 2. The van der Waals surface area contributed by atoms with Crippen molar-refractivity contribution in [1.82, 2.24) is 9.88 Å². The van der Waals surface area contributed by atoms with E-state index in [1.54, 1.807) is 17.4 Å². The number of thiazole rings is 1. The minimum Gasteiger partial charge on any atom is -0.330 e. The molecule has 2 saturated heterocycles. The average molecular weight is 418 g/mol. The van der Waals surface area contributed by atoms with E-state index in [4.69, 9.17) is 4.98 Å². The molecule has 5 rings (SSSR count). The van der Waals surface area contributed by atoms with Crippen LogP contribution in [0.4, 0.5) is 5.69 Å². The van der Waals surface area contributed by atoms with Crippen LogP contribution in [0.5, 0.6) is 0 Å². The summed E-state index contributed by atoms with van der Waals surface area (Å²) in [6.45, 7) is 1.55. The van der Waals surface area contributed by atoms with E-state index in [9.17, 15) is 9.59 Å². The number of aromatic nitrogens is 1. The second-order valence-electron chi connectivity index (χ2n) is 7.78. The molecule has 0 bridgehead atoms. The Morgan fingerprint density at radius 1 is 1.07 bits per heavy atom. The van der Waals surface area contributed by atoms with E-state index in [0.29, 0.717) is 6.42 Å². The molecule has 0 spiro atoms. The highest BCUT2D eigenvalue weighted by atomic mass is 32.1. The summed E-state index contributed by atoms with van der Waals surface area (Å²) in [6, 6.07) is 16.0. The van der Waals surface area contributed by atoms with Gasteiger partial charge in [0.2, 0.25) is 11.8 Å². The Labute approximate surface area is 179 Å². The van der Waals surface area contributed by atoms with Gasteiger partial charge in [-0.3, -0.25) is 9.59 Å². The topological polar surface area (TPSA) is 53.5 Å². The average Bonchev–Trinajstić information content (AvgIpc) is 3.51. The maximum atomic E-state index is 12.9. The van der Waals surface area contributed by atoms with Gasteiger partial charge in [0.25, 0.3) is 0 Å². The zero-order chi connectivity index (χ0) is 20.5. The van der Waals surface area contributed by atoms with Crippen molar-refractivity contribution in [2.45, 2.75) is 31.7 Å². The highest BCUT2D eigenvalue weighted by Gasteiger charge is 2.31. The number of fused-ring (bicyclic) bond motifs is 1. The van der Waals surface area contributed by atoms with Gasteiger partial charge in [0.05, 0.1) is 16.3 Å². The predicted octanol–water partition coefficient (Wildman–Crippen LogP) is 4.80. The fourth-order valence-corrected chi connectivity index (χ4v) is 5.38. The van der Waals surface area contributed by atoms with Gasteiger partial charge in [0.1, 0.15) is 5.01 Å². The van der Waals surface area contributed by atoms with E-state index in [-0.39, 0.29) is 17.9 Å². The van der Waals surface area contributed by atoms with Gasteiger partial charge >= 0.3 is 0 Å². The molecule has 2 amide bonds. The predicted molar refractivity (Wildman–Crippen MR) is 120 cm³/mol. The van der Waals surface area contributed by atoms with Crippen molar-refractivity contribution in [3.05, 3.63) is 65.2 Å². The van der Waals surface area contributed by atoms with Crippen molar-refractivity contribution in [3.8, 4) is 0 Å². The molecule has 0 aliphatic carbocycles. The number of carbonyl (C=O) groups is 2. The van der Waals surface area contributed by atoms with Crippen LogP contribution < -0.4 is 4.90 Å². The summed E-state index contributed by atoms with van der Waals surface area (Å²) in [4.78, 5) is 33.3. The van der Waals surface area contributed by atoms with E-state index < -0.39 is 0 Å². The molecule has 3 aromatic rings. The molecular formula is C24H23N3O2S. The molecule has 2 aliphatic heterocycles. The van der Waals surface area contributed by atoms with Crippen molar-refractivity contribution >= 4 is 45.1 Å². The molecule has 2 fully saturated rings. The van der Waals surface area contributed by atoms with Crippen LogP contribution >= 0.6 is 11.3 Å². The zero-order valence-electron chi connectivity index (χ0n) is 16.7. The lowest BCUT2D eigenvalue weighted by Crippen LogP contribution is -2.28. The lowest BCUT2D eigenvalue weighted by Gasteiger charge is -2.21. The number of benzene rings is 2. The van der Waals surface area contributed by atoms with E-state index in [2.05, 4.69) is 6.07 Å². The second-order valence-corrected chi connectivity index (χ2v) is 8.85. The third-order valence-corrected chi connectivity index (χ3v) is 6.97. The summed E-state index contributed by atoms with van der Waals surface area (Å²) in [5, 5.41) is 1.02. The van der Waals surface area contributed by atoms with Gasteiger partial charge in [-0.2, -0.15) is 0 Å². The third kappa shape index (κ3) is 3.63. The van der Waals surface area contributed by atoms with Crippen LogP contribution in [0, 0.1) is 0 Å². The minimum atomic E-state index is 0.0237. The lowest BCUT2D eigenvalue weighted by atomic mass is 10.1. The quantitative estimate of drug-likeness (QED) is 0.573. The normalized spacial score (nSPS) is 19.5. The molecule has 2 aromatic carbocycles. The van der Waals surface area contributed by atoms with Crippen LogP contribution in [0.2, 0.25) is 0 Å². The van der Waals surface area contributed by atoms with E-state index in [1.807, 2.05) is 58.3 Å². The summed E-state index contributed by atoms with van der Waals surface area (Å²) in [7, 11) is 0. The van der Waals surface area contributed by atoms with Gasteiger partial charge in [-0.15, -0.1) is 11.3 Å². The smallest absolute Gasteiger partial charge is 0.247 e. The van der Waals surface area contributed by atoms with Crippen molar-refractivity contribution in [2.24, 2.45) is 0 Å². The first-order chi connectivity index (χ1) is 14.7. The van der Waals surface area contributed by atoms with Crippen molar-refractivity contribution in [3.63, 3.8) is 0 Å². The highest BCUT2D eigenvalue weighted by molar-refractivity contribution is 7.18. The van der Waals surface area contributed by atoms with Crippen LogP contribution in [0.15, 0.2) is 54.6 Å². The van der Waals surface area contributed by atoms with Crippen molar-refractivity contribution in [1.29, 1.82) is 0 Å². The standard InChI is InChI=1S/C24H23N3O2S/c28-22-8-4-15-26(22)18-12-9-17(10-13-18)11-14-23(29)27-16-3-6-20(27)24-25-19-5-1-2-7-21(19)30-24/h1-2,5,7,9-14,20H,3-4,6,8,15-16H2. The molecule has 5 nitrogen and oxygen atoms in total. The number of nitrogens with zero attached hydrogens (tertiary/aromatic N) is 3. The molecule has 0 radical (unpaired) electrons. The minimum absolute atomic E-state index is 0.0237. The summed E-state index contributed by atoms with van der Waals surface area (Å²) < 4.78 is 1.17. The molecule has 0 N–H and O–H groups in total. The van der Waals surface area contributed by atoms with Crippen molar-refractivity contribution < 1.29 is 9.59 Å². The lowest BCUT2D eigenvalue weighted by molar-refractivity contribution is -0.126. The fourth-order valence-electron chi connectivity index (χ4n) is 4.27. The molecule has 152 valence electrons. The number of para-hydroxylation sites is 1. The largest absolute Gasteiger partial charge is 0.330 e. The Balaban J connectivity index is 1.29. The molecule has 1 atom stereocenters. The Hall–Kier alpha value is -2.99. The Kier molecular flexibility index (Phi) is 5.09. The number of amides is 2. The van der Waals surface area contributed by atoms with Crippen molar-refractivity contribution in [2.75, 3.05) is 18.0 Å². The molecule has 6 heteroatoms. The van der Waals surface area contributed by atoms with Crippen LogP contribution in [0.3, 0.4) is 0 Å². The van der Waals surface area contributed by atoms with Gasteiger partial charge < -0.3 is 9.80 Å². The van der Waals surface area contributed by atoms with Crippen LogP contribution in [0.25, 0.3) is 16.3 Å². The zero-order valence-corrected chi connectivity index (χ0v) is 17.5. The molecule has 3 heterocycles. The van der Waals surface area contributed by atoms with Crippen LogP contribution in [0.1, 0.15) is 42.3 Å². The molecule has 0 saturated carbocycles. The number of rotatable bonds is 4. The van der Waals surface area contributed by atoms with E-state index >= 15 is 0 Å². The Morgan fingerprint density at radius 2 is 1.90 bits per heavy atom. The Morgan fingerprint density at radius 3 is 2.67 bits per heavy atom. The molecular weight excluding hydrogens is 394 g/mol. The first-order valence-electron chi connectivity index (χ1n) is 10.4. The monoisotopic (exact) mass is 417 g/mol. The summed E-state index contributed by atoms with van der Waals surface area (Å²) in [5.41, 5.74) is 2.88. The van der Waals surface area contributed by atoms with Gasteiger partial charge in [-0.25, -0.2) is 4.98 Å². The first-order valence-corrected chi connectivity index (χ1v) is 11.3. The van der Waals surface area contributed by atoms with Gasteiger partial charge in [-0.05, 0) is 55.2 Å². The third-order valence-electron chi connectivity index (χ3n) is 5.83. The Bertz CT molecular complexity index is 1090. The van der Waals surface area contributed by atoms with Crippen LogP contribution in [-0.2, 0) is 9.59 Å². The maximum Gasteiger partial charge on any atom is 0.247 e. The molecule has 1 unspecified atom stereocenters. The summed E-state index contributed by atoms with van der Waals surface area (Å²) >= 11 is 1.68. The highest BCUT2D eigenvalue weighted by Crippen LogP contribution is 2.36. The van der Waals surface area contributed by atoms with E-state index in [1.165, 1.54) is 4.70 Å². The maximum absolute atomic E-state index is 12.9. The van der Waals surface area contributed by atoms with Gasteiger partial charge in [0.15, 0.2) is 0 Å². The summed E-state index contributed by atoms with van der Waals surface area (Å²) in [5.74, 6) is 0.207. The SMILES string of the molecule is O=C1CCCN1c1ccc(C=CC(=O)N2CCCC2c2nc3ccccc3s2)cc1. The second kappa shape index (κ2) is 8.03. The molecule has 2 aliphatic rings. The summed E-state index contributed by atoms with van der Waals surface area (Å²) in [6.07, 6.45) is 7.01. The fraction of sp³-hybridized carbons (Fsp3) is 0.292. The van der Waals surface area contributed by atoms with Gasteiger partial charge in [0, 0.05) is 31.3 Å². The van der Waals surface area contributed by atoms with E-state index in [0.717, 1.165) is 54.1 Å². The van der Waals surface area contributed by atoms with Gasteiger partial charge in [-0.1, -0.05) is 24.3 Å². The van der Waals surface area contributed by atoms with Crippen LogP contribution in [-0.4, -0.2) is 34.8 Å².